The Morgan fingerprint density at radius 3 is 2.69 bits per heavy atom. The Bertz CT molecular complexity index is 1160. The Balaban J connectivity index is 1.21. The molecule has 0 amide bonds. The van der Waals surface area contributed by atoms with Crippen molar-refractivity contribution >= 4 is 38.3 Å². The zero-order valence-corrected chi connectivity index (χ0v) is 17.7. The summed E-state index contributed by atoms with van der Waals surface area (Å²) >= 11 is 6.10. The number of H-pyrrole nitrogens is 1. The number of rotatable bonds is 5. The van der Waals surface area contributed by atoms with Crippen molar-refractivity contribution in [3.63, 3.8) is 0 Å². The summed E-state index contributed by atoms with van der Waals surface area (Å²) in [6.45, 7) is 0. The first-order chi connectivity index (χ1) is 13.9. The number of fused-ring (bicyclic) bond motifs is 1. The summed E-state index contributed by atoms with van der Waals surface area (Å²) in [5, 5.41) is 1.35. The fraction of sp³-hybridized carbons (Fsp3) is 0.429. The normalized spacial score (nSPS) is 26.3. The Morgan fingerprint density at radius 2 is 1.93 bits per heavy atom. The van der Waals surface area contributed by atoms with Crippen LogP contribution in [-0.4, -0.2) is 42.2 Å². The lowest BCUT2D eigenvalue weighted by Gasteiger charge is -2.59. The smallest absolute Gasteiger partial charge is 0.180 e. The molecule has 0 atom stereocenters. The van der Waals surface area contributed by atoms with Gasteiger partial charge in [0, 0.05) is 19.3 Å². The number of nitrogens with one attached hydrogen (secondary N) is 1. The molecule has 1 spiro atoms. The van der Waals surface area contributed by atoms with Gasteiger partial charge in [0.15, 0.2) is 9.84 Å². The van der Waals surface area contributed by atoms with Gasteiger partial charge in [-0.3, -0.25) is 0 Å². The maximum atomic E-state index is 12.7. The van der Waals surface area contributed by atoms with Crippen LogP contribution in [0.5, 0.6) is 0 Å². The summed E-state index contributed by atoms with van der Waals surface area (Å²) in [7, 11) is -1.25. The summed E-state index contributed by atoms with van der Waals surface area (Å²) in [4.78, 5) is 14.4. The predicted molar refractivity (Wildman–Crippen MR) is 114 cm³/mol. The zero-order valence-electron chi connectivity index (χ0n) is 16.2. The van der Waals surface area contributed by atoms with Crippen LogP contribution in [0.25, 0.3) is 11.0 Å². The van der Waals surface area contributed by atoms with Crippen molar-refractivity contribution < 1.29 is 8.42 Å². The van der Waals surface area contributed by atoms with Gasteiger partial charge in [-0.25, -0.2) is 18.4 Å². The Hall–Kier alpha value is -2.12. The van der Waals surface area contributed by atoms with Crippen molar-refractivity contribution in [2.24, 2.45) is 11.3 Å². The number of anilines is 1. The number of benzene rings is 1. The first kappa shape index (κ1) is 18.9. The van der Waals surface area contributed by atoms with E-state index in [2.05, 4.69) is 26.9 Å². The fourth-order valence-corrected chi connectivity index (χ4v) is 7.41. The lowest BCUT2D eigenvalue weighted by molar-refractivity contribution is -0.0313. The lowest BCUT2D eigenvalue weighted by Crippen LogP contribution is -2.56. The highest BCUT2D eigenvalue weighted by molar-refractivity contribution is 7.91. The third-order valence-electron chi connectivity index (χ3n) is 6.62. The van der Waals surface area contributed by atoms with Crippen LogP contribution in [0.4, 0.5) is 5.82 Å². The third-order valence-corrected chi connectivity index (χ3v) is 9.00. The summed E-state index contributed by atoms with van der Waals surface area (Å²) in [6, 6.07) is 9.16. The SMILES string of the molecule is CN(c1ncnc2[nH]ccc12)C1CC2(CC(CS(=O)(=O)c3ccccc3Cl)C2)C1. The van der Waals surface area contributed by atoms with Gasteiger partial charge >= 0.3 is 0 Å². The standard InChI is InChI=1S/C21H23ClN4O2S/c1-26(20-16-6-7-23-19(16)24-13-25-20)15-10-21(11-15)8-14(9-21)12-29(27,28)18-5-3-2-4-17(18)22/h2-7,13-15H,8-12H2,1H3,(H,23,24,25). The minimum Gasteiger partial charge on any atom is -0.356 e. The Morgan fingerprint density at radius 1 is 1.17 bits per heavy atom. The van der Waals surface area contributed by atoms with Gasteiger partial charge in [-0.1, -0.05) is 23.7 Å². The molecule has 8 heteroatoms. The second kappa shape index (κ2) is 6.71. The summed E-state index contributed by atoms with van der Waals surface area (Å²) < 4.78 is 25.4. The third kappa shape index (κ3) is 3.20. The molecule has 0 bridgehead atoms. The molecule has 152 valence electrons. The molecule has 0 saturated heterocycles. The molecule has 2 fully saturated rings. The second-order valence-corrected chi connectivity index (χ2v) is 11.0. The monoisotopic (exact) mass is 430 g/mol. The van der Waals surface area contributed by atoms with Crippen molar-refractivity contribution in [2.45, 2.75) is 36.6 Å². The summed E-state index contributed by atoms with van der Waals surface area (Å²) in [5.74, 6) is 1.36. The molecule has 3 aromatic rings. The molecule has 0 aliphatic heterocycles. The molecule has 2 aliphatic rings. The first-order valence-corrected chi connectivity index (χ1v) is 11.9. The highest BCUT2D eigenvalue weighted by Crippen LogP contribution is 2.60. The minimum absolute atomic E-state index is 0.189. The molecule has 6 nitrogen and oxygen atoms in total. The van der Waals surface area contributed by atoms with Gasteiger partial charge in [0.25, 0.3) is 0 Å². The molecule has 2 aliphatic carbocycles. The molecule has 0 radical (unpaired) electrons. The van der Waals surface area contributed by atoms with E-state index in [4.69, 9.17) is 11.6 Å². The molecule has 2 saturated carbocycles. The summed E-state index contributed by atoms with van der Waals surface area (Å²) in [5.41, 5.74) is 1.15. The number of hydrogen-bond acceptors (Lipinski definition) is 5. The number of hydrogen-bond donors (Lipinski definition) is 1. The number of aromatic amines is 1. The molecule has 29 heavy (non-hydrogen) atoms. The van der Waals surface area contributed by atoms with Crippen LogP contribution in [0.3, 0.4) is 0 Å². The van der Waals surface area contributed by atoms with E-state index in [9.17, 15) is 8.42 Å². The maximum Gasteiger partial charge on any atom is 0.180 e. The van der Waals surface area contributed by atoms with Gasteiger partial charge in [0.2, 0.25) is 0 Å². The number of sulfone groups is 1. The zero-order chi connectivity index (χ0) is 20.2. The average Bonchev–Trinajstić information content (AvgIpc) is 3.11. The van der Waals surface area contributed by atoms with Crippen molar-refractivity contribution in [1.29, 1.82) is 0 Å². The van der Waals surface area contributed by atoms with Gasteiger partial charge in [-0.15, -0.1) is 0 Å². The predicted octanol–water partition coefficient (Wildman–Crippen LogP) is 4.08. The molecule has 0 unspecified atom stereocenters. The molecule has 5 rings (SSSR count). The largest absolute Gasteiger partial charge is 0.356 e. The van der Waals surface area contributed by atoms with E-state index in [0.29, 0.717) is 16.5 Å². The van der Waals surface area contributed by atoms with Crippen LogP contribution in [0.1, 0.15) is 25.7 Å². The maximum absolute atomic E-state index is 12.7. The van der Waals surface area contributed by atoms with Crippen molar-refractivity contribution in [2.75, 3.05) is 17.7 Å². The van der Waals surface area contributed by atoms with Gasteiger partial charge in [0.1, 0.15) is 17.8 Å². The molecule has 1 aromatic carbocycles. The van der Waals surface area contributed by atoms with E-state index in [0.717, 1.165) is 42.5 Å². The lowest BCUT2D eigenvalue weighted by atomic mass is 9.50. The van der Waals surface area contributed by atoms with Gasteiger partial charge < -0.3 is 9.88 Å². The van der Waals surface area contributed by atoms with Crippen LogP contribution in [0.15, 0.2) is 47.8 Å². The molecular weight excluding hydrogens is 408 g/mol. The van der Waals surface area contributed by atoms with Crippen LogP contribution in [0.2, 0.25) is 5.02 Å². The van der Waals surface area contributed by atoms with Gasteiger partial charge in [0.05, 0.1) is 21.1 Å². The molecule has 1 N–H and O–H groups in total. The molecular formula is C21H23ClN4O2S. The second-order valence-electron chi connectivity index (χ2n) is 8.60. The molecule has 2 heterocycles. The van der Waals surface area contributed by atoms with Crippen LogP contribution < -0.4 is 4.90 Å². The van der Waals surface area contributed by atoms with Crippen LogP contribution in [0, 0.1) is 11.3 Å². The minimum atomic E-state index is -3.34. The van der Waals surface area contributed by atoms with E-state index in [-0.39, 0.29) is 16.6 Å². The highest BCUT2D eigenvalue weighted by Gasteiger charge is 2.54. The van der Waals surface area contributed by atoms with E-state index in [1.807, 2.05) is 12.3 Å². The number of aromatic nitrogens is 3. The van der Waals surface area contributed by atoms with E-state index >= 15 is 0 Å². The van der Waals surface area contributed by atoms with E-state index in [1.54, 1.807) is 30.6 Å². The Labute approximate surface area is 175 Å². The quantitative estimate of drug-likeness (QED) is 0.659. The highest BCUT2D eigenvalue weighted by atomic mass is 35.5. The first-order valence-electron chi connectivity index (χ1n) is 9.85. The van der Waals surface area contributed by atoms with Crippen molar-refractivity contribution in [3.05, 3.63) is 47.9 Å². The summed E-state index contributed by atoms with van der Waals surface area (Å²) in [6.07, 6.45) is 7.60. The van der Waals surface area contributed by atoms with Gasteiger partial charge in [-0.05, 0) is 55.2 Å². The van der Waals surface area contributed by atoms with Crippen molar-refractivity contribution in [3.8, 4) is 0 Å². The van der Waals surface area contributed by atoms with Crippen LogP contribution in [-0.2, 0) is 9.84 Å². The fourth-order valence-electron chi connectivity index (χ4n) is 5.24. The Kier molecular flexibility index (Phi) is 4.37. The van der Waals surface area contributed by atoms with E-state index < -0.39 is 9.84 Å². The van der Waals surface area contributed by atoms with E-state index in [1.165, 1.54) is 0 Å². The number of nitrogens with zero attached hydrogens (tertiary/aromatic N) is 3. The van der Waals surface area contributed by atoms with Gasteiger partial charge in [-0.2, -0.15) is 0 Å². The topological polar surface area (TPSA) is 79.0 Å². The average molecular weight is 431 g/mol. The van der Waals surface area contributed by atoms with Crippen LogP contribution >= 0.6 is 11.6 Å². The van der Waals surface area contributed by atoms with Crippen molar-refractivity contribution in [1.82, 2.24) is 15.0 Å². The molecule has 2 aromatic heterocycles. The number of halogens is 1.